The number of halogens is 2. The van der Waals surface area contributed by atoms with E-state index in [1.54, 1.807) is 12.1 Å². The lowest BCUT2D eigenvalue weighted by molar-refractivity contribution is -0.0498. The SMILES string of the molecule is NC(CO)c1ccc(OC(F)F)cc1. The number of aliphatic hydroxyl groups excluding tert-OH is 1. The van der Waals surface area contributed by atoms with Crippen LogP contribution in [0, 0.1) is 0 Å². The molecule has 3 nitrogen and oxygen atoms in total. The second-order valence-electron chi connectivity index (χ2n) is 2.74. The second-order valence-corrected chi connectivity index (χ2v) is 2.74. The molecule has 14 heavy (non-hydrogen) atoms. The van der Waals surface area contributed by atoms with Gasteiger partial charge >= 0.3 is 6.61 Å². The van der Waals surface area contributed by atoms with Gasteiger partial charge in [0.1, 0.15) is 5.75 Å². The van der Waals surface area contributed by atoms with Gasteiger partial charge in [0.05, 0.1) is 12.6 Å². The molecule has 78 valence electrons. The number of rotatable bonds is 4. The van der Waals surface area contributed by atoms with Crippen molar-refractivity contribution >= 4 is 0 Å². The number of aliphatic hydroxyl groups is 1. The van der Waals surface area contributed by atoms with Gasteiger partial charge < -0.3 is 15.6 Å². The maximum absolute atomic E-state index is 11.8. The van der Waals surface area contributed by atoms with Crippen molar-refractivity contribution in [3.63, 3.8) is 0 Å². The smallest absolute Gasteiger partial charge is 0.387 e. The fraction of sp³-hybridized carbons (Fsp3) is 0.333. The number of alkyl halides is 2. The molecule has 0 aliphatic rings. The van der Waals surface area contributed by atoms with Crippen LogP contribution >= 0.6 is 0 Å². The summed E-state index contributed by atoms with van der Waals surface area (Å²) in [5.74, 6) is 0.0777. The summed E-state index contributed by atoms with van der Waals surface area (Å²) < 4.78 is 27.7. The number of hydrogen-bond acceptors (Lipinski definition) is 3. The van der Waals surface area contributed by atoms with Crippen LogP contribution in [0.1, 0.15) is 11.6 Å². The zero-order valence-corrected chi connectivity index (χ0v) is 7.36. The van der Waals surface area contributed by atoms with Gasteiger partial charge in [-0.15, -0.1) is 0 Å². The summed E-state index contributed by atoms with van der Waals surface area (Å²) in [5.41, 5.74) is 6.18. The first-order chi connectivity index (χ1) is 6.63. The van der Waals surface area contributed by atoms with E-state index in [-0.39, 0.29) is 12.4 Å². The third-order valence-corrected chi connectivity index (χ3v) is 1.73. The van der Waals surface area contributed by atoms with Crippen molar-refractivity contribution in [2.24, 2.45) is 5.73 Å². The molecule has 0 aliphatic heterocycles. The Kier molecular flexibility index (Phi) is 3.79. The second kappa shape index (κ2) is 4.88. The number of benzene rings is 1. The van der Waals surface area contributed by atoms with E-state index in [1.807, 2.05) is 0 Å². The van der Waals surface area contributed by atoms with Crippen molar-refractivity contribution in [3.8, 4) is 5.75 Å². The summed E-state index contributed by atoms with van der Waals surface area (Å²) >= 11 is 0. The lowest BCUT2D eigenvalue weighted by Gasteiger charge is -2.09. The van der Waals surface area contributed by atoms with Crippen LogP contribution in [0.3, 0.4) is 0 Å². The predicted octanol–water partition coefficient (Wildman–Crippen LogP) is 1.28. The van der Waals surface area contributed by atoms with E-state index in [2.05, 4.69) is 4.74 Å². The van der Waals surface area contributed by atoms with E-state index in [0.717, 1.165) is 0 Å². The Hall–Kier alpha value is -1.20. The summed E-state index contributed by atoms with van der Waals surface area (Å²) in [6, 6.07) is 5.36. The van der Waals surface area contributed by atoms with Crippen LogP contribution in [0.2, 0.25) is 0 Å². The molecule has 0 saturated heterocycles. The number of ether oxygens (including phenoxy) is 1. The Morgan fingerprint density at radius 2 is 1.86 bits per heavy atom. The Labute approximate surface area is 80.1 Å². The van der Waals surface area contributed by atoms with E-state index in [1.165, 1.54) is 12.1 Å². The van der Waals surface area contributed by atoms with Crippen molar-refractivity contribution in [3.05, 3.63) is 29.8 Å². The van der Waals surface area contributed by atoms with Gasteiger partial charge in [-0.2, -0.15) is 8.78 Å². The molecule has 3 N–H and O–H groups in total. The molecule has 5 heteroatoms. The maximum atomic E-state index is 11.8. The van der Waals surface area contributed by atoms with Gasteiger partial charge in [0.15, 0.2) is 0 Å². The van der Waals surface area contributed by atoms with Crippen molar-refractivity contribution < 1.29 is 18.6 Å². The van der Waals surface area contributed by atoms with E-state index < -0.39 is 12.7 Å². The minimum absolute atomic E-state index is 0.0777. The van der Waals surface area contributed by atoms with E-state index >= 15 is 0 Å². The van der Waals surface area contributed by atoms with Crippen molar-refractivity contribution in [2.45, 2.75) is 12.7 Å². The molecule has 1 aromatic carbocycles. The molecule has 0 saturated carbocycles. The van der Waals surface area contributed by atoms with Gasteiger partial charge in [-0.25, -0.2) is 0 Å². The van der Waals surface area contributed by atoms with Crippen LogP contribution in [0.4, 0.5) is 8.78 Å². The fourth-order valence-electron chi connectivity index (χ4n) is 1.00. The van der Waals surface area contributed by atoms with Crippen molar-refractivity contribution in [2.75, 3.05) is 6.61 Å². The van der Waals surface area contributed by atoms with Crippen molar-refractivity contribution in [1.29, 1.82) is 0 Å². The zero-order valence-electron chi connectivity index (χ0n) is 7.36. The van der Waals surface area contributed by atoms with Gasteiger partial charge in [0, 0.05) is 0 Å². The largest absolute Gasteiger partial charge is 0.435 e. The lowest BCUT2D eigenvalue weighted by atomic mass is 10.1. The molecule has 1 atom stereocenters. The average Bonchev–Trinajstić information content (AvgIpc) is 2.17. The van der Waals surface area contributed by atoms with Gasteiger partial charge in [-0.1, -0.05) is 12.1 Å². The molecule has 0 radical (unpaired) electrons. The molecule has 0 heterocycles. The summed E-state index contributed by atoms with van der Waals surface area (Å²) in [7, 11) is 0. The topological polar surface area (TPSA) is 55.5 Å². The summed E-state index contributed by atoms with van der Waals surface area (Å²) in [5, 5.41) is 8.73. The fourth-order valence-corrected chi connectivity index (χ4v) is 1.00. The van der Waals surface area contributed by atoms with E-state index in [4.69, 9.17) is 10.8 Å². The van der Waals surface area contributed by atoms with E-state index in [0.29, 0.717) is 5.56 Å². The Bertz CT molecular complexity index is 277. The standard InChI is InChI=1S/C9H11F2NO2/c10-9(11)14-7-3-1-6(2-4-7)8(12)5-13/h1-4,8-9,13H,5,12H2. The van der Waals surface area contributed by atoms with Crippen LogP contribution in [0.25, 0.3) is 0 Å². The van der Waals surface area contributed by atoms with Gasteiger partial charge in [0.2, 0.25) is 0 Å². The van der Waals surface area contributed by atoms with Crippen LogP contribution in [0.5, 0.6) is 5.75 Å². The first kappa shape index (κ1) is 10.9. The third kappa shape index (κ3) is 2.93. The number of nitrogens with two attached hydrogens (primary N) is 1. The van der Waals surface area contributed by atoms with Crippen LogP contribution in [-0.2, 0) is 0 Å². The van der Waals surface area contributed by atoms with Crippen LogP contribution in [-0.4, -0.2) is 18.3 Å². The Morgan fingerprint density at radius 1 is 1.29 bits per heavy atom. The number of hydrogen-bond donors (Lipinski definition) is 2. The lowest BCUT2D eigenvalue weighted by Crippen LogP contribution is -2.14. The van der Waals surface area contributed by atoms with E-state index in [9.17, 15) is 8.78 Å². The molecule has 0 fully saturated rings. The maximum Gasteiger partial charge on any atom is 0.387 e. The highest BCUT2D eigenvalue weighted by atomic mass is 19.3. The van der Waals surface area contributed by atoms with Crippen LogP contribution in [0.15, 0.2) is 24.3 Å². The molecular weight excluding hydrogens is 192 g/mol. The van der Waals surface area contributed by atoms with Crippen LogP contribution < -0.4 is 10.5 Å². The first-order valence-electron chi connectivity index (χ1n) is 4.04. The molecule has 0 spiro atoms. The molecule has 1 aromatic rings. The Balaban J connectivity index is 2.68. The molecule has 0 amide bonds. The molecule has 1 unspecified atom stereocenters. The van der Waals surface area contributed by atoms with Crippen molar-refractivity contribution in [1.82, 2.24) is 0 Å². The average molecular weight is 203 g/mol. The highest BCUT2D eigenvalue weighted by Gasteiger charge is 2.06. The summed E-state index contributed by atoms with van der Waals surface area (Å²) in [6.07, 6.45) is 0. The zero-order chi connectivity index (χ0) is 10.6. The molecule has 1 rings (SSSR count). The highest BCUT2D eigenvalue weighted by Crippen LogP contribution is 2.17. The van der Waals surface area contributed by atoms with Gasteiger partial charge in [0.25, 0.3) is 0 Å². The Morgan fingerprint density at radius 3 is 2.29 bits per heavy atom. The minimum Gasteiger partial charge on any atom is -0.435 e. The molecular formula is C9H11F2NO2. The molecule has 0 aromatic heterocycles. The van der Waals surface area contributed by atoms with Gasteiger partial charge in [-0.3, -0.25) is 0 Å². The quantitative estimate of drug-likeness (QED) is 0.775. The summed E-state index contributed by atoms with van der Waals surface area (Å²) in [4.78, 5) is 0. The highest BCUT2D eigenvalue weighted by molar-refractivity contribution is 5.29. The monoisotopic (exact) mass is 203 g/mol. The summed E-state index contributed by atoms with van der Waals surface area (Å²) in [6.45, 7) is -3.01. The minimum atomic E-state index is -2.83. The van der Waals surface area contributed by atoms with Gasteiger partial charge in [-0.05, 0) is 17.7 Å². The first-order valence-corrected chi connectivity index (χ1v) is 4.04. The predicted molar refractivity (Wildman–Crippen MR) is 47.1 cm³/mol. The third-order valence-electron chi connectivity index (χ3n) is 1.73. The molecule has 0 aliphatic carbocycles. The molecule has 0 bridgehead atoms. The normalized spacial score (nSPS) is 12.9.